The molecule has 0 saturated heterocycles. The number of carbonyl (C=O) groups is 3. The van der Waals surface area contributed by atoms with Crippen molar-refractivity contribution < 1.29 is 24.0 Å². The highest BCUT2D eigenvalue weighted by molar-refractivity contribution is 6.45. The van der Waals surface area contributed by atoms with Crippen LogP contribution in [0.5, 0.6) is 0 Å². The van der Waals surface area contributed by atoms with E-state index in [0.717, 1.165) is 6.42 Å². The molecule has 1 aromatic carbocycles. The lowest BCUT2D eigenvalue weighted by atomic mass is 10.1. The van der Waals surface area contributed by atoms with Gasteiger partial charge in [0.05, 0.1) is 17.1 Å². The molecule has 25 heavy (non-hydrogen) atoms. The Morgan fingerprint density at radius 3 is 2.76 bits per heavy atom. The molecule has 0 fully saturated rings. The van der Waals surface area contributed by atoms with Crippen molar-refractivity contribution in [1.29, 1.82) is 0 Å². The zero-order chi connectivity index (χ0) is 18.4. The molecule has 2 aromatic rings. The maximum atomic E-state index is 12.2. The average Bonchev–Trinajstić information content (AvgIpc) is 3.02. The summed E-state index contributed by atoms with van der Waals surface area (Å²) in [6, 6.07) is 3.96. The second kappa shape index (κ2) is 8.04. The number of nitro benzene ring substituents is 1. The SMILES string of the molecule is CCCCOC(=O)CNC(=O)C(=O)c1c[nH]c2ccc([N+](=O)[O-])cc12. The van der Waals surface area contributed by atoms with Crippen LogP contribution in [0.2, 0.25) is 0 Å². The number of amides is 1. The average molecular weight is 347 g/mol. The molecule has 9 heteroatoms. The number of Topliss-reactive ketones (excluding diaryl/α,β-unsaturated/α-hetero) is 1. The van der Waals surface area contributed by atoms with E-state index in [-0.39, 0.29) is 23.2 Å². The van der Waals surface area contributed by atoms with Gasteiger partial charge in [0, 0.05) is 29.2 Å². The Morgan fingerprint density at radius 1 is 1.32 bits per heavy atom. The molecule has 0 radical (unpaired) electrons. The lowest BCUT2D eigenvalue weighted by Crippen LogP contribution is -2.35. The van der Waals surface area contributed by atoms with Crippen molar-refractivity contribution in [2.75, 3.05) is 13.2 Å². The molecule has 1 heterocycles. The van der Waals surface area contributed by atoms with Crippen LogP contribution in [0.25, 0.3) is 10.9 Å². The van der Waals surface area contributed by atoms with Crippen molar-refractivity contribution in [3.8, 4) is 0 Å². The third-order valence-electron chi connectivity index (χ3n) is 3.48. The number of nitro groups is 1. The molecular weight excluding hydrogens is 330 g/mol. The molecule has 132 valence electrons. The van der Waals surface area contributed by atoms with Gasteiger partial charge in [-0.3, -0.25) is 24.5 Å². The van der Waals surface area contributed by atoms with Gasteiger partial charge in [0.2, 0.25) is 0 Å². The highest BCUT2D eigenvalue weighted by atomic mass is 16.6. The molecule has 0 aliphatic heterocycles. The van der Waals surface area contributed by atoms with Gasteiger partial charge >= 0.3 is 5.97 Å². The van der Waals surface area contributed by atoms with Crippen molar-refractivity contribution in [3.05, 3.63) is 40.1 Å². The molecule has 2 N–H and O–H groups in total. The summed E-state index contributed by atoms with van der Waals surface area (Å²) in [5.74, 6) is -2.52. The van der Waals surface area contributed by atoms with Crippen molar-refractivity contribution in [1.82, 2.24) is 10.3 Å². The summed E-state index contributed by atoms with van der Waals surface area (Å²) in [5, 5.41) is 13.3. The first-order valence-electron chi connectivity index (χ1n) is 7.67. The van der Waals surface area contributed by atoms with E-state index in [2.05, 4.69) is 10.3 Å². The van der Waals surface area contributed by atoms with Crippen LogP contribution in [0.4, 0.5) is 5.69 Å². The van der Waals surface area contributed by atoms with Crippen molar-refractivity contribution in [2.45, 2.75) is 19.8 Å². The minimum absolute atomic E-state index is 0.00412. The van der Waals surface area contributed by atoms with E-state index in [1.807, 2.05) is 6.92 Å². The number of ether oxygens (including phenoxy) is 1. The molecule has 0 saturated carbocycles. The Morgan fingerprint density at radius 2 is 2.08 bits per heavy atom. The smallest absolute Gasteiger partial charge is 0.325 e. The largest absolute Gasteiger partial charge is 0.464 e. The van der Waals surface area contributed by atoms with Gasteiger partial charge < -0.3 is 15.0 Å². The molecule has 0 aliphatic rings. The van der Waals surface area contributed by atoms with Crippen LogP contribution in [0.1, 0.15) is 30.1 Å². The van der Waals surface area contributed by atoms with E-state index < -0.39 is 29.1 Å². The lowest BCUT2D eigenvalue weighted by Gasteiger charge is -2.05. The molecule has 0 spiro atoms. The summed E-state index contributed by atoms with van der Waals surface area (Å²) in [4.78, 5) is 48.6. The van der Waals surface area contributed by atoms with Crippen LogP contribution in [-0.2, 0) is 14.3 Å². The van der Waals surface area contributed by atoms with Gasteiger partial charge in [0.25, 0.3) is 17.4 Å². The molecule has 0 atom stereocenters. The molecule has 0 unspecified atom stereocenters. The summed E-state index contributed by atoms with van der Waals surface area (Å²) in [6.07, 6.45) is 2.88. The number of nitrogens with one attached hydrogen (secondary N) is 2. The molecule has 9 nitrogen and oxygen atoms in total. The number of nitrogens with zero attached hydrogens (tertiary/aromatic N) is 1. The summed E-state index contributed by atoms with van der Waals surface area (Å²) >= 11 is 0. The number of esters is 1. The Labute approximate surface area is 142 Å². The molecule has 0 bridgehead atoms. The van der Waals surface area contributed by atoms with E-state index in [1.54, 1.807) is 0 Å². The number of fused-ring (bicyclic) bond motifs is 1. The van der Waals surface area contributed by atoms with Crippen LogP contribution >= 0.6 is 0 Å². The minimum atomic E-state index is -0.986. The zero-order valence-electron chi connectivity index (χ0n) is 13.5. The van der Waals surface area contributed by atoms with Crippen molar-refractivity contribution in [2.24, 2.45) is 0 Å². The van der Waals surface area contributed by atoms with E-state index in [4.69, 9.17) is 4.74 Å². The van der Waals surface area contributed by atoms with E-state index in [9.17, 15) is 24.5 Å². The predicted molar refractivity (Wildman–Crippen MR) is 88.2 cm³/mol. The summed E-state index contributed by atoms with van der Waals surface area (Å²) in [5.41, 5.74) is 0.289. The van der Waals surface area contributed by atoms with Crippen LogP contribution < -0.4 is 5.32 Å². The summed E-state index contributed by atoms with van der Waals surface area (Å²) < 4.78 is 4.87. The number of hydrogen-bond donors (Lipinski definition) is 2. The highest BCUT2D eigenvalue weighted by Gasteiger charge is 2.22. The molecule has 2 rings (SSSR count). The van der Waals surface area contributed by atoms with Gasteiger partial charge in [-0.25, -0.2) is 0 Å². The van der Waals surface area contributed by atoms with Gasteiger partial charge in [-0.05, 0) is 12.5 Å². The summed E-state index contributed by atoms with van der Waals surface area (Å²) in [7, 11) is 0. The normalized spacial score (nSPS) is 10.4. The number of hydrogen-bond acceptors (Lipinski definition) is 6. The number of benzene rings is 1. The van der Waals surface area contributed by atoms with E-state index in [0.29, 0.717) is 11.9 Å². The van der Waals surface area contributed by atoms with Crippen LogP contribution in [0, 0.1) is 10.1 Å². The quantitative estimate of drug-likeness (QED) is 0.187. The maximum absolute atomic E-state index is 12.2. The fraction of sp³-hybridized carbons (Fsp3) is 0.312. The number of non-ortho nitro benzene ring substituents is 1. The fourth-order valence-electron chi connectivity index (χ4n) is 2.15. The number of unbranched alkanes of at least 4 members (excludes halogenated alkanes) is 1. The van der Waals surface area contributed by atoms with Gasteiger partial charge in [-0.1, -0.05) is 13.3 Å². The standard InChI is InChI=1S/C16H17N3O6/c1-2-3-6-25-14(20)9-18-16(22)15(21)12-8-17-13-5-4-10(19(23)24)7-11(12)13/h4-5,7-8,17H,2-3,6,9H2,1H3,(H,18,22). The number of ketones is 1. The highest BCUT2D eigenvalue weighted by Crippen LogP contribution is 2.24. The maximum Gasteiger partial charge on any atom is 0.325 e. The molecule has 0 aliphatic carbocycles. The first kappa shape index (κ1) is 18.1. The van der Waals surface area contributed by atoms with Gasteiger partial charge in [0.15, 0.2) is 0 Å². The Balaban J connectivity index is 2.05. The predicted octanol–water partition coefficient (Wildman–Crippen LogP) is 1.72. The second-order valence-corrected chi connectivity index (χ2v) is 5.28. The second-order valence-electron chi connectivity index (χ2n) is 5.28. The number of rotatable bonds is 8. The van der Waals surface area contributed by atoms with Crippen LogP contribution in [0.3, 0.4) is 0 Å². The lowest BCUT2D eigenvalue weighted by molar-refractivity contribution is -0.384. The monoisotopic (exact) mass is 347 g/mol. The van der Waals surface area contributed by atoms with Crippen LogP contribution in [0.15, 0.2) is 24.4 Å². The fourth-order valence-corrected chi connectivity index (χ4v) is 2.15. The van der Waals surface area contributed by atoms with E-state index in [1.165, 1.54) is 24.4 Å². The first-order chi connectivity index (χ1) is 11.9. The van der Waals surface area contributed by atoms with Gasteiger partial charge in [-0.15, -0.1) is 0 Å². The zero-order valence-corrected chi connectivity index (χ0v) is 13.5. The van der Waals surface area contributed by atoms with Crippen LogP contribution in [-0.4, -0.2) is 40.7 Å². The summed E-state index contributed by atoms with van der Waals surface area (Å²) in [6.45, 7) is 1.78. The number of aromatic amines is 1. The number of aromatic nitrogens is 1. The van der Waals surface area contributed by atoms with Gasteiger partial charge in [0.1, 0.15) is 6.54 Å². The Bertz CT molecular complexity index is 826. The molecule has 1 amide bonds. The first-order valence-corrected chi connectivity index (χ1v) is 7.67. The topological polar surface area (TPSA) is 131 Å². The number of H-pyrrole nitrogens is 1. The number of carbonyl (C=O) groups excluding carboxylic acids is 3. The minimum Gasteiger partial charge on any atom is -0.464 e. The third kappa shape index (κ3) is 4.40. The third-order valence-corrected chi connectivity index (χ3v) is 3.48. The Kier molecular flexibility index (Phi) is 5.83. The Hall–Kier alpha value is -3.23. The van der Waals surface area contributed by atoms with Gasteiger partial charge in [-0.2, -0.15) is 0 Å². The van der Waals surface area contributed by atoms with Crippen molar-refractivity contribution in [3.63, 3.8) is 0 Å². The van der Waals surface area contributed by atoms with E-state index >= 15 is 0 Å². The van der Waals surface area contributed by atoms with Crippen molar-refractivity contribution >= 4 is 34.3 Å². The molecular formula is C16H17N3O6. The molecule has 1 aromatic heterocycles.